The highest BCUT2D eigenvalue weighted by molar-refractivity contribution is 6.34. The Balaban J connectivity index is 1.37. The lowest BCUT2D eigenvalue weighted by Crippen LogP contribution is -2.49. The smallest absolute Gasteiger partial charge is 0.306 e. The van der Waals surface area contributed by atoms with Crippen LogP contribution in [0.4, 0.5) is 0 Å². The van der Waals surface area contributed by atoms with Crippen LogP contribution in [0.15, 0.2) is 24.3 Å². The van der Waals surface area contributed by atoms with Crippen molar-refractivity contribution < 1.29 is 19.5 Å². The summed E-state index contributed by atoms with van der Waals surface area (Å²) in [5, 5.41) is 14.8. The van der Waals surface area contributed by atoms with E-state index in [0.717, 1.165) is 73.5 Å². The van der Waals surface area contributed by atoms with Gasteiger partial charge in [0.25, 0.3) is 5.91 Å². The molecule has 206 valence electrons. The number of rotatable bonds is 5. The number of carboxylic acid groups (broad SMARTS) is 1. The molecule has 0 radical (unpaired) electrons. The molecule has 1 N–H and O–H groups in total. The summed E-state index contributed by atoms with van der Waals surface area (Å²) in [6, 6.07) is 5.64. The second-order valence-corrected chi connectivity index (χ2v) is 12.0. The largest absolute Gasteiger partial charge is 0.481 e. The summed E-state index contributed by atoms with van der Waals surface area (Å²) in [6.45, 7) is 3.19. The number of nitrogens with zero attached hydrogens (tertiary/aromatic N) is 4. The summed E-state index contributed by atoms with van der Waals surface area (Å²) >= 11 is 6.63. The minimum Gasteiger partial charge on any atom is -0.481 e. The highest BCUT2D eigenvalue weighted by Gasteiger charge is 2.37. The molecule has 2 atom stereocenters. The maximum absolute atomic E-state index is 14.2. The number of hydrogen-bond acceptors (Lipinski definition) is 5. The molecule has 6 rings (SSSR count). The molecule has 1 aliphatic heterocycles. The second kappa shape index (κ2) is 10.5. The predicted octanol–water partition coefficient (Wildman–Crippen LogP) is 4.25. The van der Waals surface area contributed by atoms with Crippen LogP contribution < -0.4 is 0 Å². The Labute approximate surface area is 233 Å². The van der Waals surface area contributed by atoms with Crippen molar-refractivity contribution in [3.63, 3.8) is 0 Å². The molecule has 2 unspecified atom stereocenters. The fourth-order valence-corrected chi connectivity index (χ4v) is 6.68. The number of carbonyl (C=O) groups excluding carboxylic acids is 2. The quantitative estimate of drug-likeness (QED) is 0.598. The van der Waals surface area contributed by atoms with Crippen molar-refractivity contribution in [2.45, 2.75) is 57.3 Å². The topological polar surface area (TPSA) is 95.7 Å². The molecule has 0 spiro atoms. The van der Waals surface area contributed by atoms with Crippen molar-refractivity contribution in [3.05, 3.63) is 57.4 Å². The predicted molar refractivity (Wildman–Crippen MR) is 148 cm³/mol. The van der Waals surface area contributed by atoms with E-state index in [1.165, 1.54) is 4.68 Å². The van der Waals surface area contributed by atoms with Crippen molar-refractivity contribution in [2.24, 2.45) is 11.8 Å². The van der Waals surface area contributed by atoms with Crippen LogP contribution in [0.5, 0.6) is 0 Å². The Bertz CT molecular complexity index is 1350. The molecule has 1 saturated carbocycles. The standard InChI is InChI=1S/C30H35ClN4O4/c1-33-13-15-34(16-14-33)28(36)21-11-12-23-25(17-21)35(32-27(23)19-7-9-20(10-8-19)30(38)39)29(37)26-22(18-5-6-18)3-2-4-24(26)31/h2-4,7,18,20-21H,5-6,8-17H2,1H3,(H,38,39). The number of hydrogen-bond donors (Lipinski definition) is 1. The molecule has 1 aromatic carbocycles. The van der Waals surface area contributed by atoms with Crippen molar-refractivity contribution in [3.8, 4) is 0 Å². The van der Waals surface area contributed by atoms with Crippen LogP contribution in [0.2, 0.25) is 5.02 Å². The SMILES string of the molecule is CN1CCN(C(=O)C2CCc3c(C4=CCC(C(=O)O)CC4)nn(C(=O)c4c(Cl)cccc4C4CC4)c3C2)CC1. The second-order valence-electron chi connectivity index (χ2n) is 11.6. The van der Waals surface area contributed by atoms with Gasteiger partial charge in [0.1, 0.15) is 0 Å². The molecule has 1 saturated heterocycles. The van der Waals surface area contributed by atoms with E-state index in [9.17, 15) is 19.5 Å². The van der Waals surface area contributed by atoms with E-state index in [4.69, 9.17) is 16.7 Å². The number of likely N-dealkylation sites (N-methyl/N-ethyl adjacent to an activating group) is 1. The molecule has 1 amide bonds. The van der Waals surface area contributed by atoms with Gasteiger partial charge in [-0.15, -0.1) is 0 Å². The van der Waals surface area contributed by atoms with E-state index in [-0.39, 0.29) is 23.7 Å². The fourth-order valence-electron chi connectivity index (χ4n) is 6.41. The zero-order valence-electron chi connectivity index (χ0n) is 22.4. The van der Waals surface area contributed by atoms with Gasteiger partial charge < -0.3 is 14.9 Å². The number of carbonyl (C=O) groups is 3. The normalized spacial score (nSPS) is 23.7. The molecule has 2 aromatic rings. The number of fused-ring (bicyclic) bond motifs is 1. The lowest BCUT2D eigenvalue weighted by molar-refractivity contribution is -0.142. The molecule has 3 aliphatic carbocycles. The van der Waals surface area contributed by atoms with E-state index in [1.54, 1.807) is 6.07 Å². The van der Waals surface area contributed by atoms with Crippen molar-refractivity contribution in [1.29, 1.82) is 0 Å². The van der Waals surface area contributed by atoms with Gasteiger partial charge >= 0.3 is 5.97 Å². The zero-order valence-corrected chi connectivity index (χ0v) is 23.1. The van der Waals surface area contributed by atoms with Crippen molar-refractivity contribution in [1.82, 2.24) is 19.6 Å². The van der Waals surface area contributed by atoms with E-state index in [0.29, 0.717) is 48.6 Å². The van der Waals surface area contributed by atoms with E-state index in [1.807, 2.05) is 23.1 Å². The third-order valence-corrected chi connectivity index (χ3v) is 9.29. The van der Waals surface area contributed by atoms with E-state index >= 15 is 0 Å². The monoisotopic (exact) mass is 550 g/mol. The van der Waals surface area contributed by atoms with Crippen LogP contribution in [0.25, 0.3) is 5.57 Å². The van der Waals surface area contributed by atoms with Gasteiger partial charge in [0.2, 0.25) is 5.91 Å². The molecule has 1 aromatic heterocycles. The lowest BCUT2D eigenvalue weighted by Gasteiger charge is -2.35. The number of amides is 1. The summed E-state index contributed by atoms with van der Waals surface area (Å²) in [7, 11) is 2.07. The Morgan fingerprint density at radius 3 is 2.41 bits per heavy atom. The molecular formula is C30H35ClN4O4. The number of halogens is 1. The van der Waals surface area contributed by atoms with Crippen LogP contribution in [-0.2, 0) is 22.4 Å². The molecule has 4 aliphatic rings. The summed E-state index contributed by atoms with van der Waals surface area (Å²) in [4.78, 5) is 43.4. The Morgan fingerprint density at radius 1 is 1.00 bits per heavy atom. The minimum atomic E-state index is -0.773. The van der Waals surface area contributed by atoms with Gasteiger partial charge in [-0.3, -0.25) is 14.4 Å². The third kappa shape index (κ3) is 5.05. The number of aliphatic carboxylic acids is 1. The first kappa shape index (κ1) is 26.3. The van der Waals surface area contributed by atoms with Crippen LogP contribution in [0.1, 0.15) is 77.3 Å². The zero-order chi connectivity index (χ0) is 27.3. The number of aromatic nitrogens is 2. The minimum absolute atomic E-state index is 0.160. The first-order chi connectivity index (χ1) is 18.8. The third-order valence-electron chi connectivity index (χ3n) is 8.97. The number of carboxylic acids is 1. The summed E-state index contributed by atoms with van der Waals surface area (Å²) in [5.41, 5.74) is 5.09. The highest BCUT2D eigenvalue weighted by Crippen LogP contribution is 2.44. The first-order valence-electron chi connectivity index (χ1n) is 14.1. The Morgan fingerprint density at radius 2 is 1.74 bits per heavy atom. The molecule has 8 nitrogen and oxygen atoms in total. The Kier molecular flexibility index (Phi) is 7.10. The lowest BCUT2D eigenvalue weighted by atomic mass is 9.82. The van der Waals surface area contributed by atoms with Gasteiger partial charge in [-0.05, 0) is 75.1 Å². The van der Waals surface area contributed by atoms with Crippen LogP contribution in [-0.4, -0.2) is 75.7 Å². The van der Waals surface area contributed by atoms with Crippen LogP contribution in [0, 0.1) is 11.8 Å². The molecule has 9 heteroatoms. The molecule has 2 heterocycles. The van der Waals surface area contributed by atoms with Crippen LogP contribution >= 0.6 is 11.6 Å². The summed E-state index contributed by atoms with van der Waals surface area (Å²) < 4.78 is 1.52. The van der Waals surface area contributed by atoms with Gasteiger partial charge in [0.15, 0.2) is 0 Å². The first-order valence-corrected chi connectivity index (χ1v) is 14.5. The van der Waals surface area contributed by atoms with E-state index in [2.05, 4.69) is 11.9 Å². The van der Waals surface area contributed by atoms with Gasteiger partial charge in [0.05, 0.1) is 27.9 Å². The fraction of sp³-hybridized carbons (Fsp3) is 0.533. The average molecular weight is 551 g/mol. The van der Waals surface area contributed by atoms with Gasteiger partial charge in [0, 0.05) is 44.1 Å². The number of allylic oxidation sites excluding steroid dienone is 2. The molecule has 39 heavy (non-hydrogen) atoms. The summed E-state index contributed by atoms with van der Waals surface area (Å²) in [6.07, 6.45) is 7.54. The van der Waals surface area contributed by atoms with Gasteiger partial charge in [-0.1, -0.05) is 29.8 Å². The number of benzene rings is 1. The van der Waals surface area contributed by atoms with Crippen LogP contribution in [0.3, 0.4) is 0 Å². The molecular weight excluding hydrogens is 516 g/mol. The maximum Gasteiger partial charge on any atom is 0.306 e. The average Bonchev–Trinajstić information content (AvgIpc) is 3.72. The Hall–Kier alpha value is -2.97. The highest BCUT2D eigenvalue weighted by atomic mass is 35.5. The maximum atomic E-state index is 14.2. The molecule has 2 fully saturated rings. The van der Waals surface area contributed by atoms with Gasteiger partial charge in [-0.25, -0.2) is 0 Å². The van der Waals surface area contributed by atoms with Crippen molar-refractivity contribution in [2.75, 3.05) is 33.2 Å². The van der Waals surface area contributed by atoms with Crippen molar-refractivity contribution >= 4 is 35.0 Å². The molecule has 0 bridgehead atoms. The van der Waals surface area contributed by atoms with E-state index < -0.39 is 5.97 Å². The summed E-state index contributed by atoms with van der Waals surface area (Å²) in [5.74, 6) is -1.09. The van der Waals surface area contributed by atoms with Gasteiger partial charge in [-0.2, -0.15) is 9.78 Å². The number of piperazine rings is 1.